The van der Waals surface area contributed by atoms with Crippen molar-refractivity contribution in [1.82, 2.24) is 15.1 Å². The first-order valence-corrected chi connectivity index (χ1v) is 7.51. The predicted molar refractivity (Wildman–Crippen MR) is 75.5 cm³/mol. The standard InChI is InChI=1S/C14H17N3OS/c1-10-7-15-16-13(10)11-3-2-5-17(8-11)14(18)12-4-6-19-9-12/h4,6-7,9,11H,2-3,5,8H2,1H3,(H,15,16). The van der Waals surface area contributed by atoms with Crippen molar-refractivity contribution in [1.29, 1.82) is 0 Å². The van der Waals surface area contributed by atoms with Gasteiger partial charge in [0.25, 0.3) is 5.91 Å². The molecule has 19 heavy (non-hydrogen) atoms. The number of piperidine rings is 1. The van der Waals surface area contributed by atoms with Gasteiger partial charge >= 0.3 is 0 Å². The van der Waals surface area contributed by atoms with E-state index in [4.69, 9.17) is 0 Å². The number of hydrogen-bond acceptors (Lipinski definition) is 3. The van der Waals surface area contributed by atoms with Crippen molar-refractivity contribution in [3.05, 3.63) is 39.8 Å². The van der Waals surface area contributed by atoms with Crippen molar-refractivity contribution < 1.29 is 4.79 Å². The van der Waals surface area contributed by atoms with Crippen LogP contribution in [0.15, 0.2) is 23.0 Å². The minimum Gasteiger partial charge on any atom is -0.338 e. The van der Waals surface area contributed by atoms with Crippen LogP contribution in [0.1, 0.15) is 40.4 Å². The number of carbonyl (C=O) groups excluding carboxylic acids is 1. The number of nitrogens with one attached hydrogen (secondary N) is 1. The second-order valence-electron chi connectivity index (χ2n) is 5.07. The fourth-order valence-electron chi connectivity index (χ4n) is 2.74. The summed E-state index contributed by atoms with van der Waals surface area (Å²) in [6.45, 7) is 3.72. The third-order valence-electron chi connectivity index (χ3n) is 3.75. The molecule has 100 valence electrons. The summed E-state index contributed by atoms with van der Waals surface area (Å²) in [5.74, 6) is 0.543. The highest BCUT2D eigenvalue weighted by Gasteiger charge is 2.27. The first kappa shape index (κ1) is 12.4. The predicted octanol–water partition coefficient (Wildman–Crippen LogP) is 2.80. The Balaban J connectivity index is 1.75. The molecule has 0 aromatic carbocycles. The maximum absolute atomic E-state index is 12.4. The number of likely N-dealkylation sites (tertiary alicyclic amines) is 1. The summed E-state index contributed by atoms with van der Waals surface area (Å²) < 4.78 is 0. The molecule has 3 heterocycles. The Bertz CT molecular complexity index is 561. The van der Waals surface area contributed by atoms with Crippen LogP contribution in [0.5, 0.6) is 0 Å². The Kier molecular flexibility index (Phi) is 3.38. The van der Waals surface area contributed by atoms with E-state index in [1.807, 2.05) is 27.9 Å². The number of nitrogens with zero attached hydrogens (tertiary/aromatic N) is 2. The summed E-state index contributed by atoms with van der Waals surface area (Å²) in [7, 11) is 0. The van der Waals surface area contributed by atoms with Crippen LogP contribution in [-0.2, 0) is 0 Å². The van der Waals surface area contributed by atoms with E-state index in [9.17, 15) is 4.79 Å². The summed E-state index contributed by atoms with van der Waals surface area (Å²) >= 11 is 1.57. The average molecular weight is 275 g/mol. The quantitative estimate of drug-likeness (QED) is 0.916. The van der Waals surface area contributed by atoms with Crippen molar-refractivity contribution in [2.75, 3.05) is 13.1 Å². The Labute approximate surface area is 116 Å². The van der Waals surface area contributed by atoms with Crippen LogP contribution in [-0.4, -0.2) is 34.1 Å². The molecule has 1 fully saturated rings. The van der Waals surface area contributed by atoms with E-state index >= 15 is 0 Å². The fourth-order valence-corrected chi connectivity index (χ4v) is 3.37. The molecule has 1 unspecified atom stereocenters. The summed E-state index contributed by atoms with van der Waals surface area (Å²) in [4.78, 5) is 14.3. The summed E-state index contributed by atoms with van der Waals surface area (Å²) in [6, 6.07) is 1.90. The number of H-pyrrole nitrogens is 1. The van der Waals surface area contributed by atoms with E-state index < -0.39 is 0 Å². The summed E-state index contributed by atoms with van der Waals surface area (Å²) in [5.41, 5.74) is 3.18. The lowest BCUT2D eigenvalue weighted by molar-refractivity contribution is 0.0706. The molecule has 1 aliphatic heterocycles. The summed E-state index contributed by atoms with van der Waals surface area (Å²) in [6.07, 6.45) is 4.03. The number of amides is 1. The fraction of sp³-hybridized carbons (Fsp3) is 0.429. The van der Waals surface area contributed by atoms with Gasteiger partial charge in [0.15, 0.2) is 0 Å². The van der Waals surface area contributed by atoms with Crippen molar-refractivity contribution in [3.8, 4) is 0 Å². The van der Waals surface area contributed by atoms with E-state index in [1.54, 1.807) is 11.3 Å². The van der Waals surface area contributed by atoms with E-state index in [1.165, 1.54) is 11.3 Å². The molecule has 5 heteroatoms. The van der Waals surface area contributed by atoms with Gasteiger partial charge in [0.05, 0.1) is 11.8 Å². The third kappa shape index (κ3) is 2.42. The zero-order valence-corrected chi connectivity index (χ0v) is 11.7. The Hall–Kier alpha value is -1.62. The number of aromatic amines is 1. The van der Waals surface area contributed by atoms with Crippen molar-refractivity contribution >= 4 is 17.2 Å². The van der Waals surface area contributed by atoms with Crippen LogP contribution in [0.4, 0.5) is 0 Å². The molecule has 1 amide bonds. The molecule has 1 saturated heterocycles. The van der Waals surface area contributed by atoms with Gasteiger partial charge in [-0.15, -0.1) is 0 Å². The number of aromatic nitrogens is 2. The average Bonchev–Trinajstić information content (AvgIpc) is 3.09. The lowest BCUT2D eigenvalue weighted by Gasteiger charge is -2.32. The Morgan fingerprint density at radius 3 is 3.16 bits per heavy atom. The van der Waals surface area contributed by atoms with Crippen LogP contribution >= 0.6 is 11.3 Å². The zero-order valence-electron chi connectivity index (χ0n) is 10.9. The zero-order chi connectivity index (χ0) is 13.2. The van der Waals surface area contributed by atoms with Gasteiger partial charge in [0, 0.05) is 30.1 Å². The molecule has 1 atom stereocenters. The molecule has 0 radical (unpaired) electrons. The Morgan fingerprint density at radius 2 is 2.47 bits per heavy atom. The number of rotatable bonds is 2. The first-order valence-electron chi connectivity index (χ1n) is 6.57. The molecule has 2 aromatic rings. The maximum Gasteiger partial charge on any atom is 0.254 e. The molecule has 1 aliphatic rings. The van der Waals surface area contributed by atoms with Crippen LogP contribution in [0.3, 0.4) is 0 Å². The van der Waals surface area contributed by atoms with Gasteiger partial charge in [-0.3, -0.25) is 9.89 Å². The van der Waals surface area contributed by atoms with Gasteiger partial charge in [-0.1, -0.05) is 0 Å². The van der Waals surface area contributed by atoms with E-state index in [2.05, 4.69) is 17.1 Å². The number of hydrogen-bond donors (Lipinski definition) is 1. The lowest BCUT2D eigenvalue weighted by Crippen LogP contribution is -2.39. The number of thiophene rings is 1. The lowest BCUT2D eigenvalue weighted by atomic mass is 9.92. The normalized spacial score (nSPS) is 19.6. The molecule has 1 N–H and O–H groups in total. The monoisotopic (exact) mass is 275 g/mol. The topological polar surface area (TPSA) is 49.0 Å². The van der Waals surface area contributed by atoms with Crippen molar-refractivity contribution in [3.63, 3.8) is 0 Å². The van der Waals surface area contributed by atoms with E-state index in [0.717, 1.165) is 31.5 Å². The van der Waals surface area contributed by atoms with Gasteiger partial charge in [0.1, 0.15) is 0 Å². The van der Waals surface area contributed by atoms with E-state index in [-0.39, 0.29) is 5.91 Å². The molecule has 3 rings (SSSR count). The Morgan fingerprint density at radius 1 is 1.58 bits per heavy atom. The van der Waals surface area contributed by atoms with Gasteiger partial charge in [-0.05, 0) is 36.8 Å². The molecule has 0 aliphatic carbocycles. The van der Waals surface area contributed by atoms with Crippen molar-refractivity contribution in [2.24, 2.45) is 0 Å². The highest BCUT2D eigenvalue weighted by Crippen LogP contribution is 2.28. The highest BCUT2D eigenvalue weighted by molar-refractivity contribution is 7.08. The molecule has 0 spiro atoms. The first-order chi connectivity index (χ1) is 9.25. The van der Waals surface area contributed by atoms with Crippen LogP contribution in [0.25, 0.3) is 0 Å². The maximum atomic E-state index is 12.4. The molecule has 0 saturated carbocycles. The SMILES string of the molecule is Cc1cn[nH]c1C1CCCN(C(=O)c2ccsc2)C1. The molecule has 4 nitrogen and oxygen atoms in total. The molecular weight excluding hydrogens is 258 g/mol. The minimum absolute atomic E-state index is 0.156. The van der Waals surface area contributed by atoms with E-state index in [0.29, 0.717) is 5.92 Å². The van der Waals surface area contributed by atoms with Crippen LogP contribution in [0.2, 0.25) is 0 Å². The largest absolute Gasteiger partial charge is 0.338 e. The number of aryl methyl sites for hydroxylation is 1. The molecular formula is C14H17N3OS. The minimum atomic E-state index is 0.156. The van der Waals surface area contributed by atoms with Gasteiger partial charge in [0.2, 0.25) is 0 Å². The van der Waals surface area contributed by atoms with Gasteiger partial charge in [-0.25, -0.2) is 0 Å². The third-order valence-corrected chi connectivity index (χ3v) is 4.44. The smallest absolute Gasteiger partial charge is 0.254 e. The summed E-state index contributed by atoms with van der Waals surface area (Å²) in [5, 5.41) is 11.0. The van der Waals surface area contributed by atoms with Crippen LogP contribution in [0, 0.1) is 6.92 Å². The van der Waals surface area contributed by atoms with Gasteiger partial charge < -0.3 is 4.90 Å². The molecule has 0 bridgehead atoms. The van der Waals surface area contributed by atoms with Gasteiger partial charge in [-0.2, -0.15) is 16.4 Å². The second kappa shape index (κ2) is 5.17. The molecule has 2 aromatic heterocycles. The number of carbonyl (C=O) groups is 1. The van der Waals surface area contributed by atoms with Crippen molar-refractivity contribution in [2.45, 2.75) is 25.7 Å². The highest BCUT2D eigenvalue weighted by atomic mass is 32.1. The second-order valence-corrected chi connectivity index (χ2v) is 5.85. The van der Waals surface area contributed by atoms with Crippen LogP contribution < -0.4 is 0 Å².